The first-order valence-corrected chi connectivity index (χ1v) is 8.46. The molecule has 0 radical (unpaired) electrons. The molecule has 0 bridgehead atoms. The van der Waals surface area contributed by atoms with Crippen LogP contribution in [0, 0.1) is 0 Å². The third-order valence-electron chi connectivity index (χ3n) is 3.55. The van der Waals surface area contributed by atoms with Gasteiger partial charge in [-0.25, -0.2) is 9.97 Å². The van der Waals surface area contributed by atoms with E-state index in [1.807, 2.05) is 24.3 Å². The quantitative estimate of drug-likeness (QED) is 0.662. The maximum absolute atomic E-state index is 12.6. The minimum Gasteiger partial charge on any atom is -0.493 e. The highest BCUT2D eigenvalue weighted by molar-refractivity contribution is 7.99. The Bertz CT molecular complexity index is 770. The van der Waals surface area contributed by atoms with Crippen molar-refractivity contribution < 1.29 is 22.7 Å². The number of amides is 1. The molecule has 1 unspecified atom stereocenters. The average Bonchev–Trinajstić information content (AvgIpc) is 2.60. The molecule has 3 rings (SSSR count). The van der Waals surface area contributed by atoms with Crippen LogP contribution >= 0.6 is 11.8 Å². The smallest absolute Gasteiger partial charge is 0.433 e. The molecule has 0 saturated heterocycles. The number of hydrogen-bond acceptors (Lipinski definition) is 5. The van der Waals surface area contributed by atoms with Gasteiger partial charge in [0.2, 0.25) is 5.91 Å². The number of nitrogens with zero attached hydrogens (tertiary/aromatic N) is 2. The van der Waals surface area contributed by atoms with Crippen molar-refractivity contribution in [1.82, 2.24) is 15.3 Å². The second-order valence-electron chi connectivity index (χ2n) is 5.31. The van der Waals surface area contributed by atoms with Gasteiger partial charge in [0, 0.05) is 18.2 Å². The SMILES string of the molecule is O=C(CSc1nccc(C(F)(F)F)n1)NC1CCOc2ccccc21. The molecule has 132 valence electrons. The van der Waals surface area contributed by atoms with Gasteiger partial charge in [0.05, 0.1) is 18.4 Å². The van der Waals surface area contributed by atoms with Gasteiger partial charge in [-0.15, -0.1) is 0 Å². The fourth-order valence-corrected chi connectivity index (χ4v) is 3.07. The van der Waals surface area contributed by atoms with E-state index in [0.717, 1.165) is 35.3 Å². The van der Waals surface area contributed by atoms with Crippen molar-refractivity contribution in [1.29, 1.82) is 0 Å². The number of hydrogen-bond donors (Lipinski definition) is 1. The summed E-state index contributed by atoms with van der Waals surface area (Å²) in [6.07, 6.45) is -2.87. The Balaban J connectivity index is 1.59. The number of fused-ring (bicyclic) bond motifs is 1. The molecule has 0 saturated carbocycles. The Hall–Kier alpha value is -2.29. The topological polar surface area (TPSA) is 64.1 Å². The van der Waals surface area contributed by atoms with Crippen molar-refractivity contribution >= 4 is 17.7 Å². The van der Waals surface area contributed by atoms with Crippen molar-refractivity contribution in [2.24, 2.45) is 0 Å². The average molecular weight is 369 g/mol. The van der Waals surface area contributed by atoms with E-state index in [2.05, 4.69) is 15.3 Å². The lowest BCUT2D eigenvalue weighted by atomic mass is 10.0. The van der Waals surface area contributed by atoms with Crippen LogP contribution < -0.4 is 10.1 Å². The number of aromatic nitrogens is 2. The van der Waals surface area contributed by atoms with Crippen LogP contribution in [0.5, 0.6) is 5.75 Å². The Kier molecular flexibility index (Phi) is 5.12. The van der Waals surface area contributed by atoms with Crippen molar-refractivity contribution in [3.63, 3.8) is 0 Å². The number of thioether (sulfide) groups is 1. The van der Waals surface area contributed by atoms with Gasteiger partial charge in [-0.05, 0) is 12.1 Å². The standard InChI is InChI=1S/C16H14F3N3O2S/c17-16(18,19)13-5-7-20-15(22-13)25-9-14(23)21-11-6-8-24-12-4-2-1-3-10(11)12/h1-5,7,11H,6,8-9H2,(H,21,23). The van der Waals surface area contributed by atoms with Gasteiger partial charge >= 0.3 is 6.18 Å². The van der Waals surface area contributed by atoms with Crippen molar-refractivity contribution in [2.75, 3.05) is 12.4 Å². The van der Waals surface area contributed by atoms with Gasteiger partial charge < -0.3 is 10.1 Å². The predicted octanol–water partition coefficient (Wildman–Crippen LogP) is 3.23. The van der Waals surface area contributed by atoms with E-state index >= 15 is 0 Å². The lowest BCUT2D eigenvalue weighted by Crippen LogP contribution is -2.33. The summed E-state index contributed by atoms with van der Waals surface area (Å²) in [7, 11) is 0. The molecule has 1 aliphatic rings. The van der Waals surface area contributed by atoms with E-state index < -0.39 is 11.9 Å². The van der Waals surface area contributed by atoms with Gasteiger partial charge in [-0.1, -0.05) is 30.0 Å². The van der Waals surface area contributed by atoms with Crippen molar-refractivity contribution in [2.45, 2.75) is 23.8 Å². The first-order chi connectivity index (χ1) is 11.9. The fourth-order valence-electron chi connectivity index (χ4n) is 2.43. The van der Waals surface area contributed by atoms with E-state index in [9.17, 15) is 18.0 Å². The Morgan fingerprint density at radius 3 is 2.92 bits per heavy atom. The van der Waals surface area contributed by atoms with E-state index in [-0.39, 0.29) is 22.9 Å². The third kappa shape index (κ3) is 4.41. The van der Waals surface area contributed by atoms with Crippen molar-refractivity contribution in [3.8, 4) is 5.75 Å². The molecule has 1 atom stereocenters. The molecule has 1 aliphatic heterocycles. The van der Waals surface area contributed by atoms with E-state index in [4.69, 9.17) is 4.74 Å². The largest absolute Gasteiger partial charge is 0.493 e. The molecule has 2 aromatic rings. The van der Waals surface area contributed by atoms with E-state index in [1.165, 1.54) is 0 Å². The Labute approximate surface area is 146 Å². The summed E-state index contributed by atoms with van der Waals surface area (Å²) in [6.45, 7) is 0.492. The molecule has 25 heavy (non-hydrogen) atoms. The van der Waals surface area contributed by atoms with Crippen LogP contribution in [-0.4, -0.2) is 28.2 Å². The second-order valence-corrected chi connectivity index (χ2v) is 6.25. The first-order valence-electron chi connectivity index (χ1n) is 7.47. The first kappa shape index (κ1) is 17.5. The highest BCUT2D eigenvalue weighted by atomic mass is 32.2. The van der Waals surface area contributed by atoms with Crippen LogP contribution in [0.2, 0.25) is 0 Å². The molecular formula is C16H14F3N3O2S. The van der Waals surface area contributed by atoms with Crippen LogP contribution in [0.1, 0.15) is 23.7 Å². The van der Waals surface area contributed by atoms with Gasteiger partial charge in [-0.2, -0.15) is 13.2 Å². The van der Waals surface area contributed by atoms with Gasteiger partial charge in [0.15, 0.2) is 5.16 Å². The van der Waals surface area contributed by atoms with Crippen LogP contribution in [0.15, 0.2) is 41.7 Å². The monoisotopic (exact) mass is 369 g/mol. The molecule has 0 spiro atoms. The minimum absolute atomic E-state index is 0.0686. The molecule has 0 fully saturated rings. The van der Waals surface area contributed by atoms with E-state index in [0.29, 0.717) is 13.0 Å². The van der Waals surface area contributed by atoms with Gasteiger partial charge in [0.25, 0.3) is 0 Å². The molecule has 9 heteroatoms. The predicted molar refractivity (Wildman–Crippen MR) is 85.2 cm³/mol. The summed E-state index contributed by atoms with van der Waals surface area (Å²) in [5, 5.41) is 2.79. The lowest BCUT2D eigenvalue weighted by Gasteiger charge is -2.26. The molecule has 1 amide bonds. The van der Waals surface area contributed by atoms with Gasteiger partial charge in [0.1, 0.15) is 11.4 Å². The molecular weight excluding hydrogens is 355 g/mol. The number of benzene rings is 1. The van der Waals surface area contributed by atoms with Crippen molar-refractivity contribution in [3.05, 3.63) is 47.8 Å². The normalized spacial score (nSPS) is 16.7. The summed E-state index contributed by atoms with van der Waals surface area (Å²) in [5.41, 5.74) is -0.133. The number of rotatable bonds is 4. The van der Waals surface area contributed by atoms with Crippen LogP contribution in [-0.2, 0) is 11.0 Å². The fraction of sp³-hybridized carbons (Fsp3) is 0.312. The van der Waals surface area contributed by atoms with Crippen LogP contribution in [0.3, 0.4) is 0 Å². The summed E-state index contributed by atoms with van der Waals surface area (Å²) < 4.78 is 43.4. The molecule has 2 heterocycles. The molecule has 1 N–H and O–H groups in total. The van der Waals surface area contributed by atoms with Gasteiger partial charge in [-0.3, -0.25) is 4.79 Å². The summed E-state index contributed by atoms with van der Waals surface area (Å²) >= 11 is 0.863. The van der Waals surface area contributed by atoms with Crippen LogP contribution in [0.4, 0.5) is 13.2 Å². The summed E-state index contributed by atoms with van der Waals surface area (Å²) in [5.74, 6) is 0.363. The molecule has 1 aromatic heterocycles. The number of halogens is 3. The number of nitrogens with one attached hydrogen (secondary N) is 1. The summed E-state index contributed by atoms with van der Waals surface area (Å²) in [4.78, 5) is 19.3. The summed E-state index contributed by atoms with van der Waals surface area (Å²) in [6, 6.07) is 8.03. The Morgan fingerprint density at radius 1 is 1.32 bits per heavy atom. The Morgan fingerprint density at radius 2 is 2.12 bits per heavy atom. The molecule has 5 nitrogen and oxygen atoms in total. The number of ether oxygens (including phenoxy) is 1. The molecule has 1 aromatic carbocycles. The minimum atomic E-state index is -4.54. The zero-order valence-corrected chi connectivity index (χ0v) is 13.7. The zero-order chi connectivity index (χ0) is 17.9. The third-order valence-corrected chi connectivity index (χ3v) is 4.41. The number of carbonyl (C=O) groups is 1. The molecule has 0 aliphatic carbocycles. The number of alkyl halides is 3. The lowest BCUT2D eigenvalue weighted by molar-refractivity contribution is -0.141. The number of carbonyl (C=O) groups excluding carboxylic acids is 1. The highest BCUT2D eigenvalue weighted by Gasteiger charge is 2.32. The number of para-hydroxylation sites is 1. The maximum Gasteiger partial charge on any atom is 0.433 e. The van der Waals surface area contributed by atoms with E-state index in [1.54, 1.807) is 0 Å². The van der Waals surface area contributed by atoms with Crippen LogP contribution in [0.25, 0.3) is 0 Å². The maximum atomic E-state index is 12.6. The second kappa shape index (κ2) is 7.30. The highest BCUT2D eigenvalue weighted by Crippen LogP contribution is 2.32. The zero-order valence-electron chi connectivity index (χ0n) is 12.9.